The molecule has 0 spiro atoms. The zero-order valence-electron chi connectivity index (χ0n) is 17.6. The molecule has 1 aliphatic rings. The first kappa shape index (κ1) is 25.0. The summed E-state index contributed by atoms with van der Waals surface area (Å²) in [6.45, 7) is 8.75. The Bertz CT molecular complexity index is 674. The molecule has 0 radical (unpaired) electrons. The van der Waals surface area contributed by atoms with Gasteiger partial charge in [-0.2, -0.15) is 0 Å². The first-order valence-electron chi connectivity index (χ1n) is 10.0. The predicted molar refractivity (Wildman–Crippen MR) is 121 cm³/mol. The van der Waals surface area contributed by atoms with Gasteiger partial charge in [-0.1, -0.05) is 45.5 Å². The number of ether oxygens (including phenoxy) is 2. The van der Waals surface area contributed by atoms with Crippen molar-refractivity contribution in [3.05, 3.63) is 59.7 Å². The lowest BCUT2D eigenvalue weighted by Gasteiger charge is -2.40. The number of rotatable bonds is 7. The van der Waals surface area contributed by atoms with E-state index < -0.39 is 0 Å². The van der Waals surface area contributed by atoms with E-state index >= 15 is 0 Å². The van der Waals surface area contributed by atoms with E-state index in [2.05, 4.69) is 34.1 Å². The van der Waals surface area contributed by atoms with Crippen molar-refractivity contribution in [2.75, 3.05) is 40.5 Å². The molecule has 0 aromatic heterocycles. The molecule has 5 heteroatoms. The standard InChI is InChI=1S/C21H28N2O3.C2H6.CH4/c1-25-20-7-3-17(4-8-20)13-22-11-12-23(19(15-22)16-24)14-18-5-9-21(26-2)10-6-18;1-2;/h3-10,19,24H,11-16H2,1-2H3;1-2H3;1H4/t19-;;/m1../s1. The van der Waals surface area contributed by atoms with Gasteiger partial charge >= 0.3 is 0 Å². The molecule has 2 aromatic rings. The molecule has 2 aromatic carbocycles. The fraction of sp³-hybridized carbons (Fsp3) is 0.500. The lowest BCUT2D eigenvalue weighted by molar-refractivity contribution is 0.0316. The van der Waals surface area contributed by atoms with Crippen LogP contribution in [0, 0.1) is 0 Å². The minimum atomic E-state index is 0. The van der Waals surface area contributed by atoms with E-state index in [-0.39, 0.29) is 20.1 Å². The monoisotopic (exact) mass is 402 g/mol. The Labute approximate surface area is 176 Å². The number of nitrogens with zero attached hydrogens (tertiary/aromatic N) is 2. The quantitative estimate of drug-likeness (QED) is 0.757. The molecule has 1 heterocycles. The summed E-state index contributed by atoms with van der Waals surface area (Å²) in [4.78, 5) is 4.78. The first-order chi connectivity index (χ1) is 13.7. The number of hydrogen-bond donors (Lipinski definition) is 1. The van der Waals surface area contributed by atoms with Crippen LogP contribution in [0.25, 0.3) is 0 Å². The van der Waals surface area contributed by atoms with Crippen LogP contribution in [0.3, 0.4) is 0 Å². The third-order valence-electron chi connectivity index (χ3n) is 5.01. The van der Waals surface area contributed by atoms with Crippen molar-refractivity contribution in [3.8, 4) is 11.5 Å². The van der Waals surface area contributed by atoms with E-state index in [0.29, 0.717) is 0 Å². The van der Waals surface area contributed by atoms with E-state index in [9.17, 15) is 5.11 Å². The number of aliphatic hydroxyl groups excluding tert-OH is 1. The number of aliphatic hydroxyl groups is 1. The van der Waals surface area contributed by atoms with Crippen LogP contribution in [0.15, 0.2) is 48.5 Å². The third-order valence-corrected chi connectivity index (χ3v) is 5.01. The summed E-state index contributed by atoms with van der Waals surface area (Å²) < 4.78 is 10.4. The van der Waals surface area contributed by atoms with Crippen LogP contribution in [0.1, 0.15) is 32.4 Å². The maximum atomic E-state index is 9.87. The van der Waals surface area contributed by atoms with E-state index in [1.807, 2.05) is 38.1 Å². The van der Waals surface area contributed by atoms with Crippen LogP contribution in [-0.2, 0) is 13.1 Å². The summed E-state index contributed by atoms with van der Waals surface area (Å²) in [7, 11) is 3.36. The summed E-state index contributed by atoms with van der Waals surface area (Å²) in [5.41, 5.74) is 2.51. The van der Waals surface area contributed by atoms with Crippen molar-refractivity contribution >= 4 is 0 Å². The van der Waals surface area contributed by atoms with E-state index in [1.165, 1.54) is 11.1 Å². The zero-order valence-corrected chi connectivity index (χ0v) is 17.6. The van der Waals surface area contributed by atoms with Crippen molar-refractivity contribution in [2.24, 2.45) is 0 Å². The summed E-state index contributed by atoms with van der Waals surface area (Å²) in [5.74, 6) is 1.75. The third kappa shape index (κ3) is 7.35. The summed E-state index contributed by atoms with van der Waals surface area (Å²) in [6.07, 6.45) is 0. The van der Waals surface area contributed by atoms with Crippen LogP contribution < -0.4 is 9.47 Å². The van der Waals surface area contributed by atoms with Gasteiger partial charge in [-0.25, -0.2) is 0 Å². The molecule has 1 atom stereocenters. The highest BCUT2D eigenvalue weighted by Crippen LogP contribution is 2.19. The molecular formula is C24H38N2O3. The summed E-state index contributed by atoms with van der Waals surface area (Å²) in [6, 6.07) is 16.5. The van der Waals surface area contributed by atoms with Crippen LogP contribution >= 0.6 is 0 Å². The van der Waals surface area contributed by atoms with Crippen LogP contribution in [0.4, 0.5) is 0 Å². The van der Waals surface area contributed by atoms with Crippen molar-refractivity contribution < 1.29 is 14.6 Å². The first-order valence-corrected chi connectivity index (χ1v) is 10.0. The fourth-order valence-electron chi connectivity index (χ4n) is 3.44. The highest BCUT2D eigenvalue weighted by Gasteiger charge is 2.26. The number of methoxy groups -OCH3 is 2. The smallest absolute Gasteiger partial charge is 0.118 e. The SMILES string of the molecule is C.CC.COc1ccc(CN2CCN(Cc3ccc(OC)cc3)[C@@H](CO)C2)cc1. The molecule has 0 bridgehead atoms. The van der Waals surface area contributed by atoms with Crippen LogP contribution in [0.2, 0.25) is 0 Å². The highest BCUT2D eigenvalue weighted by atomic mass is 16.5. The Morgan fingerprint density at radius 1 is 0.828 bits per heavy atom. The molecule has 3 rings (SSSR count). The molecule has 5 nitrogen and oxygen atoms in total. The van der Waals surface area contributed by atoms with Crippen molar-refractivity contribution in [2.45, 2.75) is 40.4 Å². The Morgan fingerprint density at radius 2 is 1.31 bits per heavy atom. The molecule has 1 fully saturated rings. The van der Waals surface area contributed by atoms with Gasteiger partial charge in [-0.15, -0.1) is 0 Å². The number of benzene rings is 2. The Hall–Kier alpha value is -2.08. The molecule has 1 N–H and O–H groups in total. The average Bonchev–Trinajstić information content (AvgIpc) is 2.77. The highest BCUT2D eigenvalue weighted by molar-refractivity contribution is 5.28. The molecular weight excluding hydrogens is 364 g/mol. The van der Waals surface area contributed by atoms with Gasteiger partial charge in [0, 0.05) is 38.8 Å². The second-order valence-electron chi connectivity index (χ2n) is 6.74. The van der Waals surface area contributed by atoms with E-state index in [0.717, 1.165) is 44.2 Å². The topological polar surface area (TPSA) is 45.2 Å². The molecule has 29 heavy (non-hydrogen) atoms. The Kier molecular flexibility index (Phi) is 11.4. The average molecular weight is 403 g/mol. The minimum Gasteiger partial charge on any atom is -0.497 e. The van der Waals surface area contributed by atoms with Gasteiger partial charge in [0.2, 0.25) is 0 Å². The number of piperazine rings is 1. The van der Waals surface area contributed by atoms with Crippen molar-refractivity contribution in [1.29, 1.82) is 0 Å². The van der Waals surface area contributed by atoms with Crippen molar-refractivity contribution in [1.82, 2.24) is 9.80 Å². The van der Waals surface area contributed by atoms with Gasteiger partial charge in [-0.3, -0.25) is 9.80 Å². The van der Waals surface area contributed by atoms with Gasteiger partial charge in [0.1, 0.15) is 11.5 Å². The minimum absolute atomic E-state index is 0. The van der Waals surface area contributed by atoms with Gasteiger partial charge < -0.3 is 14.6 Å². The maximum absolute atomic E-state index is 9.87. The zero-order chi connectivity index (χ0) is 20.4. The predicted octanol–water partition coefficient (Wildman–Crippen LogP) is 4.04. The van der Waals surface area contributed by atoms with E-state index in [4.69, 9.17) is 9.47 Å². The molecule has 0 amide bonds. The lowest BCUT2D eigenvalue weighted by Crippen LogP contribution is -2.53. The van der Waals surface area contributed by atoms with Gasteiger partial charge in [0.05, 0.1) is 20.8 Å². The second-order valence-corrected chi connectivity index (χ2v) is 6.74. The molecule has 0 unspecified atom stereocenters. The fourth-order valence-corrected chi connectivity index (χ4v) is 3.44. The summed E-state index contributed by atoms with van der Waals surface area (Å²) >= 11 is 0. The van der Waals surface area contributed by atoms with Crippen LogP contribution in [-0.4, -0.2) is 61.4 Å². The van der Waals surface area contributed by atoms with Crippen LogP contribution in [0.5, 0.6) is 11.5 Å². The molecule has 0 aliphatic carbocycles. The van der Waals surface area contributed by atoms with Gasteiger partial charge in [0.25, 0.3) is 0 Å². The normalized spacial score (nSPS) is 16.9. The van der Waals surface area contributed by atoms with Gasteiger partial charge in [0.15, 0.2) is 0 Å². The molecule has 162 valence electrons. The van der Waals surface area contributed by atoms with Gasteiger partial charge in [-0.05, 0) is 35.4 Å². The van der Waals surface area contributed by atoms with Crippen molar-refractivity contribution in [3.63, 3.8) is 0 Å². The number of hydrogen-bond acceptors (Lipinski definition) is 5. The molecule has 0 saturated carbocycles. The Morgan fingerprint density at radius 3 is 1.76 bits per heavy atom. The largest absolute Gasteiger partial charge is 0.497 e. The lowest BCUT2D eigenvalue weighted by atomic mass is 10.1. The maximum Gasteiger partial charge on any atom is 0.118 e. The van der Waals surface area contributed by atoms with E-state index in [1.54, 1.807) is 14.2 Å². The molecule has 1 aliphatic heterocycles. The summed E-state index contributed by atoms with van der Waals surface area (Å²) in [5, 5.41) is 9.87. The Balaban J connectivity index is 0.00000136. The second kappa shape index (κ2) is 13.2. The molecule has 1 saturated heterocycles.